The third-order valence-corrected chi connectivity index (χ3v) is 4.84. The monoisotopic (exact) mass is 314 g/mol. The van der Waals surface area contributed by atoms with Gasteiger partial charge in [-0.2, -0.15) is 0 Å². The molecule has 22 heavy (non-hydrogen) atoms. The minimum atomic E-state index is -0.794. The van der Waals surface area contributed by atoms with Crippen LogP contribution in [0.1, 0.15) is 98.8 Å². The molecule has 1 aliphatic carbocycles. The minimum absolute atomic E-state index is 0.298. The van der Waals surface area contributed by atoms with Gasteiger partial charge in [-0.05, 0) is 50.9 Å². The lowest BCUT2D eigenvalue weighted by Gasteiger charge is -2.35. The van der Waals surface area contributed by atoms with Gasteiger partial charge in [-0.25, -0.2) is 9.78 Å². The van der Waals surface area contributed by atoms with Crippen molar-refractivity contribution in [2.45, 2.75) is 111 Å². The SMILES string of the molecule is CC(C)(C)CCCCCC(O)OOC(C)(C)C1CCCCC1. The molecular formula is C19H38O3. The molecule has 0 spiro atoms. The third kappa shape index (κ3) is 8.50. The van der Waals surface area contributed by atoms with Gasteiger partial charge in [-0.1, -0.05) is 52.9 Å². The molecule has 1 aliphatic rings. The molecule has 0 amide bonds. The zero-order chi connectivity index (χ0) is 16.6. The Labute approximate surface area is 137 Å². The summed E-state index contributed by atoms with van der Waals surface area (Å²) >= 11 is 0. The van der Waals surface area contributed by atoms with Crippen molar-refractivity contribution >= 4 is 0 Å². The van der Waals surface area contributed by atoms with Gasteiger partial charge in [0.05, 0.1) is 0 Å². The van der Waals surface area contributed by atoms with E-state index in [0.29, 0.717) is 17.8 Å². The second kappa shape index (κ2) is 9.24. The first-order valence-electron chi connectivity index (χ1n) is 9.23. The van der Waals surface area contributed by atoms with E-state index in [-0.39, 0.29) is 5.60 Å². The minimum Gasteiger partial charge on any atom is -0.366 e. The maximum atomic E-state index is 9.92. The number of aliphatic hydroxyl groups is 1. The summed E-state index contributed by atoms with van der Waals surface area (Å²) in [6, 6.07) is 0. The predicted molar refractivity (Wildman–Crippen MR) is 91.4 cm³/mol. The van der Waals surface area contributed by atoms with Crippen molar-refractivity contribution in [2.24, 2.45) is 11.3 Å². The standard InChI is InChI=1S/C19H38O3/c1-18(2,3)15-11-7-10-14-17(20)21-22-19(4,5)16-12-8-6-9-13-16/h16-17,20H,6-15H2,1-5H3. The van der Waals surface area contributed by atoms with Crippen LogP contribution in [0.5, 0.6) is 0 Å². The first kappa shape index (κ1) is 19.9. The Morgan fingerprint density at radius 3 is 2.18 bits per heavy atom. The molecule has 0 aromatic carbocycles. The number of hydrogen-bond donors (Lipinski definition) is 1. The van der Waals surface area contributed by atoms with Crippen LogP contribution in [0.2, 0.25) is 0 Å². The molecule has 0 aromatic heterocycles. The Bertz CT molecular complexity index is 288. The van der Waals surface area contributed by atoms with Gasteiger partial charge in [0.15, 0.2) is 6.29 Å². The molecule has 1 rings (SSSR count). The Morgan fingerprint density at radius 2 is 1.59 bits per heavy atom. The van der Waals surface area contributed by atoms with E-state index in [9.17, 15) is 5.11 Å². The first-order chi connectivity index (χ1) is 10.2. The predicted octanol–water partition coefficient (Wildman–Crippen LogP) is 5.61. The van der Waals surface area contributed by atoms with Crippen molar-refractivity contribution in [3.63, 3.8) is 0 Å². The van der Waals surface area contributed by atoms with Crippen LogP contribution < -0.4 is 0 Å². The van der Waals surface area contributed by atoms with Crippen LogP contribution >= 0.6 is 0 Å². The number of aliphatic hydroxyl groups excluding tert-OH is 1. The summed E-state index contributed by atoms with van der Waals surface area (Å²) in [6.45, 7) is 11.0. The molecule has 0 aliphatic heterocycles. The average molecular weight is 315 g/mol. The van der Waals surface area contributed by atoms with Crippen LogP contribution in [0.4, 0.5) is 0 Å². The third-order valence-electron chi connectivity index (χ3n) is 4.84. The van der Waals surface area contributed by atoms with E-state index in [1.807, 2.05) is 0 Å². The lowest BCUT2D eigenvalue weighted by Crippen LogP contribution is -2.37. The molecule has 0 heterocycles. The van der Waals surface area contributed by atoms with Crippen LogP contribution in [0.15, 0.2) is 0 Å². The highest BCUT2D eigenvalue weighted by Crippen LogP contribution is 2.35. The molecule has 0 saturated heterocycles. The Hall–Kier alpha value is -0.120. The van der Waals surface area contributed by atoms with Crippen molar-refractivity contribution in [1.82, 2.24) is 0 Å². The summed E-state index contributed by atoms with van der Waals surface area (Å²) in [5.41, 5.74) is 0.107. The van der Waals surface area contributed by atoms with Crippen molar-refractivity contribution in [3.05, 3.63) is 0 Å². The molecular weight excluding hydrogens is 276 g/mol. The Morgan fingerprint density at radius 1 is 0.955 bits per heavy atom. The average Bonchev–Trinajstić information content (AvgIpc) is 2.45. The number of rotatable bonds is 9. The molecule has 1 atom stereocenters. The largest absolute Gasteiger partial charge is 0.366 e. The Kier molecular flexibility index (Phi) is 8.37. The molecule has 0 radical (unpaired) electrons. The molecule has 1 saturated carbocycles. The fourth-order valence-electron chi connectivity index (χ4n) is 3.24. The summed E-state index contributed by atoms with van der Waals surface area (Å²) in [5.74, 6) is 0.542. The van der Waals surface area contributed by atoms with Crippen molar-refractivity contribution < 1.29 is 14.9 Å². The first-order valence-corrected chi connectivity index (χ1v) is 9.23. The number of hydrogen-bond acceptors (Lipinski definition) is 3. The van der Waals surface area contributed by atoms with Gasteiger partial charge in [-0.3, -0.25) is 0 Å². The Balaban J connectivity index is 2.12. The van der Waals surface area contributed by atoms with E-state index in [1.54, 1.807) is 0 Å². The summed E-state index contributed by atoms with van der Waals surface area (Å²) < 4.78 is 0. The highest BCUT2D eigenvalue weighted by atomic mass is 17.2. The fourth-order valence-corrected chi connectivity index (χ4v) is 3.24. The van der Waals surface area contributed by atoms with Crippen LogP contribution in [0.3, 0.4) is 0 Å². The molecule has 0 bridgehead atoms. The highest BCUT2D eigenvalue weighted by molar-refractivity contribution is 4.81. The van der Waals surface area contributed by atoms with E-state index in [1.165, 1.54) is 44.9 Å². The quantitative estimate of drug-likeness (QED) is 0.260. The van der Waals surface area contributed by atoms with Gasteiger partial charge in [-0.15, -0.1) is 0 Å². The molecule has 0 aromatic rings. The van der Waals surface area contributed by atoms with Gasteiger partial charge >= 0.3 is 0 Å². The maximum Gasteiger partial charge on any atom is 0.188 e. The normalized spacial score (nSPS) is 19.4. The molecule has 3 nitrogen and oxygen atoms in total. The summed E-state index contributed by atoms with van der Waals surface area (Å²) in [4.78, 5) is 10.9. The zero-order valence-electron chi connectivity index (χ0n) is 15.5. The topological polar surface area (TPSA) is 38.7 Å². The second-order valence-electron chi connectivity index (χ2n) is 8.73. The van der Waals surface area contributed by atoms with Crippen LogP contribution in [0.25, 0.3) is 0 Å². The van der Waals surface area contributed by atoms with E-state index >= 15 is 0 Å². The molecule has 1 N–H and O–H groups in total. The molecule has 1 fully saturated rings. The van der Waals surface area contributed by atoms with E-state index < -0.39 is 6.29 Å². The summed E-state index contributed by atoms with van der Waals surface area (Å²) in [6.07, 6.45) is 10.8. The highest BCUT2D eigenvalue weighted by Gasteiger charge is 2.33. The lowest BCUT2D eigenvalue weighted by atomic mass is 9.79. The van der Waals surface area contributed by atoms with Crippen molar-refractivity contribution in [1.29, 1.82) is 0 Å². The van der Waals surface area contributed by atoms with Gasteiger partial charge in [0.25, 0.3) is 0 Å². The number of unbranched alkanes of at least 4 members (excludes halogenated alkanes) is 2. The van der Waals surface area contributed by atoms with Crippen LogP contribution in [0, 0.1) is 11.3 Å². The van der Waals surface area contributed by atoms with E-state index in [2.05, 4.69) is 34.6 Å². The zero-order valence-corrected chi connectivity index (χ0v) is 15.5. The van der Waals surface area contributed by atoms with Gasteiger partial charge in [0, 0.05) is 6.42 Å². The van der Waals surface area contributed by atoms with Crippen LogP contribution in [-0.4, -0.2) is 17.0 Å². The smallest absolute Gasteiger partial charge is 0.188 e. The van der Waals surface area contributed by atoms with Gasteiger partial charge < -0.3 is 5.11 Å². The fraction of sp³-hybridized carbons (Fsp3) is 1.00. The summed E-state index contributed by atoms with van der Waals surface area (Å²) in [5, 5.41) is 9.92. The molecule has 1 unspecified atom stereocenters. The van der Waals surface area contributed by atoms with E-state index in [4.69, 9.17) is 9.78 Å². The van der Waals surface area contributed by atoms with Crippen molar-refractivity contribution in [2.75, 3.05) is 0 Å². The van der Waals surface area contributed by atoms with E-state index in [0.717, 1.165) is 12.8 Å². The van der Waals surface area contributed by atoms with Gasteiger partial charge in [0.1, 0.15) is 5.60 Å². The van der Waals surface area contributed by atoms with Crippen molar-refractivity contribution in [3.8, 4) is 0 Å². The van der Waals surface area contributed by atoms with Gasteiger partial charge in [0.2, 0.25) is 0 Å². The lowest BCUT2D eigenvalue weighted by molar-refractivity contribution is -0.422. The van der Waals surface area contributed by atoms with Crippen LogP contribution in [-0.2, 0) is 9.78 Å². The summed E-state index contributed by atoms with van der Waals surface area (Å²) in [7, 11) is 0. The second-order valence-corrected chi connectivity index (χ2v) is 8.73. The molecule has 3 heteroatoms. The maximum absolute atomic E-state index is 9.92. The molecule has 132 valence electrons.